The molecule has 0 amide bonds. The molecule has 156 valence electrons. The molecule has 2 fully saturated rings. The minimum atomic E-state index is -1.90. The summed E-state index contributed by atoms with van der Waals surface area (Å²) in [6, 6.07) is 0. The average molecular weight is 402 g/mol. The second-order valence-corrected chi connectivity index (χ2v) is 9.32. The molecule has 0 aromatic rings. The first-order chi connectivity index (χ1) is 13.5. The lowest BCUT2D eigenvalue weighted by Crippen LogP contribution is -2.66. The van der Waals surface area contributed by atoms with Crippen LogP contribution in [0.1, 0.15) is 46.5 Å². The highest BCUT2D eigenvalue weighted by Crippen LogP contribution is 2.67. The molecule has 6 atom stereocenters. The minimum Gasteiger partial charge on any atom is -0.457 e. The lowest BCUT2D eigenvalue weighted by molar-refractivity contribution is -0.185. The Morgan fingerprint density at radius 3 is 2.72 bits per heavy atom. The number of esters is 1. The van der Waals surface area contributed by atoms with Crippen molar-refractivity contribution in [1.82, 2.24) is 0 Å². The van der Waals surface area contributed by atoms with Crippen molar-refractivity contribution in [2.45, 2.75) is 58.2 Å². The Labute approximate surface area is 169 Å². The third-order valence-corrected chi connectivity index (χ3v) is 7.93. The van der Waals surface area contributed by atoms with E-state index in [1.807, 2.05) is 13.0 Å². The predicted octanol–water partition coefficient (Wildman–Crippen LogP) is 3.03. The van der Waals surface area contributed by atoms with Gasteiger partial charge in [0.25, 0.3) is 0 Å². The number of aliphatic hydroxyl groups is 1. The molecule has 2 saturated carbocycles. The maximum atomic E-state index is 16.8. The number of carbonyl (C=O) groups is 3. The van der Waals surface area contributed by atoms with E-state index in [2.05, 4.69) is 0 Å². The predicted molar refractivity (Wildman–Crippen MR) is 103 cm³/mol. The summed E-state index contributed by atoms with van der Waals surface area (Å²) in [5.41, 5.74) is -2.33. The van der Waals surface area contributed by atoms with Crippen molar-refractivity contribution in [2.24, 2.45) is 22.7 Å². The molecule has 0 aliphatic heterocycles. The molecule has 4 aliphatic carbocycles. The fraction of sp³-hybridized carbons (Fsp3) is 0.609. The summed E-state index contributed by atoms with van der Waals surface area (Å²) in [6.07, 6.45) is 6.89. The second-order valence-electron chi connectivity index (χ2n) is 9.32. The molecule has 5 nitrogen and oxygen atoms in total. The van der Waals surface area contributed by atoms with E-state index >= 15 is 4.39 Å². The van der Waals surface area contributed by atoms with E-state index in [4.69, 9.17) is 4.74 Å². The van der Waals surface area contributed by atoms with Gasteiger partial charge in [-0.3, -0.25) is 14.4 Å². The van der Waals surface area contributed by atoms with Gasteiger partial charge in [0.2, 0.25) is 0 Å². The molecule has 0 spiro atoms. The van der Waals surface area contributed by atoms with Crippen LogP contribution in [0.5, 0.6) is 0 Å². The summed E-state index contributed by atoms with van der Waals surface area (Å²) in [7, 11) is 0. The van der Waals surface area contributed by atoms with Crippen molar-refractivity contribution in [3.63, 3.8) is 0 Å². The van der Waals surface area contributed by atoms with E-state index in [9.17, 15) is 19.5 Å². The van der Waals surface area contributed by atoms with Crippen LogP contribution in [0.15, 0.2) is 35.5 Å². The Morgan fingerprint density at radius 2 is 2.03 bits per heavy atom. The fourth-order valence-electron chi connectivity index (χ4n) is 6.46. The van der Waals surface area contributed by atoms with Gasteiger partial charge in [-0.1, -0.05) is 24.6 Å². The maximum Gasteiger partial charge on any atom is 0.303 e. The van der Waals surface area contributed by atoms with Crippen LogP contribution in [0.3, 0.4) is 0 Å². The van der Waals surface area contributed by atoms with E-state index in [1.165, 1.54) is 19.1 Å². The van der Waals surface area contributed by atoms with Crippen LogP contribution in [-0.4, -0.2) is 41.0 Å². The minimum absolute atomic E-state index is 0.118. The SMILES string of the molecule is CC(=O)OCC(=O)C1=CCC2[C@@H]3CCC4=CC(=O)C=C[C@]4(C)[C@@]3(F)[C@@H](O)C[C@]12C. The van der Waals surface area contributed by atoms with E-state index in [0.717, 1.165) is 5.57 Å². The lowest BCUT2D eigenvalue weighted by atomic mass is 9.45. The topological polar surface area (TPSA) is 80.7 Å². The van der Waals surface area contributed by atoms with Gasteiger partial charge in [-0.2, -0.15) is 0 Å². The number of alkyl halides is 1. The number of ether oxygens (including phenoxy) is 1. The first-order valence-electron chi connectivity index (χ1n) is 10.2. The number of aliphatic hydroxyl groups excluding tert-OH is 1. The molecule has 29 heavy (non-hydrogen) atoms. The number of Topliss-reactive ketones (excluding diaryl/α,β-unsaturated/α-hetero) is 1. The van der Waals surface area contributed by atoms with Crippen LogP contribution in [0, 0.1) is 22.7 Å². The highest BCUT2D eigenvalue weighted by Gasteiger charge is 2.69. The number of carbonyl (C=O) groups excluding carboxylic acids is 3. The third kappa shape index (κ3) is 2.64. The van der Waals surface area contributed by atoms with Crippen LogP contribution in [0.4, 0.5) is 4.39 Å². The highest BCUT2D eigenvalue weighted by atomic mass is 19.1. The van der Waals surface area contributed by atoms with Gasteiger partial charge in [0.15, 0.2) is 23.8 Å². The Kier molecular flexibility index (Phi) is 4.50. The molecule has 4 rings (SSSR count). The molecule has 0 bridgehead atoms. The third-order valence-electron chi connectivity index (χ3n) is 7.93. The van der Waals surface area contributed by atoms with Crippen molar-refractivity contribution < 1.29 is 28.6 Å². The van der Waals surface area contributed by atoms with Crippen molar-refractivity contribution in [2.75, 3.05) is 6.61 Å². The largest absolute Gasteiger partial charge is 0.457 e. The Morgan fingerprint density at radius 1 is 1.31 bits per heavy atom. The number of hydrogen-bond donors (Lipinski definition) is 1. The number of hydrogen-bond acceptors (Lipinski definition) is 5. The van der Waals surface area contributed by atoms with Gasteiger partial charge in [0.1, 0.15) is 0 Å². The molecule has 6 heteroatoms. The van der Waals surface area contributed by atoms with Gasteiger partial charge in [0.05, 0.1) is 6.10 Å². The zero-order valence-corrected chi connectivity index (χ0v) is 17.0. The zero-order chi connectivity index (χ0) is 21.2. The van der Waals surface area contributed by atoms with Crippen molar-refractivity contribution in [1.29, 1.82) is 0 Å². The first-order valence-corrected chi connectivity index (χ1v) is 10.2. The van der Waals surface area contributed by atoms with E-state index in [0.29, 0.717) is 24.8 Å². The normalized spacial score (nSPS) is 42.9. The Balaban J connectivity index is 1.68. The van der Waals surface area contributed by atoms with Gasteiger partial charge >= 0.3 is 5.97 Å². The van der Waals surface area contributed by atoms with E-state index in [-0.39, 0.29) is 30.5 Å². The van der Waals surface area contributed by atoms with Crippen LogP contribution in [-0.2, 0) is 19.1 Å². The van der Waals surface area contributed by atoms with Gasteiger partial charge in [-0.25, -0.2) is 4.39 Å². The van der Waals surface area contributed by atoms with Crippen LogP contribution in [0.25, 0.3) is 0 Å². The quantitative estimate of drug-likeness (QED) is 0.734. The van der Waals surface area contributed by atoms with Crippen molar-refractivity contribution in [3.8, 4) is 0 Å². The van der Waals surface area contributed by atoms with Crippen LogP contribution >= 0.6 is 0 Å². The Hall–Kier alpha value is -2.08. The van der Waals surface area contributed by atoms with Crippen molar-refractivity contribution >= 4 is 17.5 Å². The summed E-state index contributed by atoms with van der Waals surface area (Å²) < 4.78 is 21.7. The summed E-state index contributed by atoms with van der Waals surface area (Å²) in [4.78, 5) is 35.6. The standard InChI is InChI=1S/C23H27FO5/c1-13(25)29-12-19(27)18-7-6-16-17-5-4-14-10-15(26)8-9-22(14,3)23(17,24)20(28)11-21(16,18)2/h7-10,16-17,20,28H,4-6,11-12H2,1-3H3/t16?,17-,20-,21-,22-,23-/m0/s1. The van der Waals surface area contributed by atoms with Crippen LogP contribution < -0.4 is 0 Å². The van der Waals surface area contributed by atoms with E-state index in [1.54, 1.807) is 13.0 Å². The molecular weight excluding hydrogens is 375 g/mol. The second kappa shape index (κ2) is 6.46. The fourth-order valence-corrected chi connectivity index (χ4v) is 6.46. The summed E-state index contributed by atoms with van der Waals surface area (Å²) in [6.45, 7) is 4.60. The Bertz CT molecular complexity index is 886. The summed E-state index contributed by atoms with van der Waals surface area (Å²) in [5, 5.41) is 11.1. The van der Waals surface area contributed by atoms with Gasteiger partial charge < -0.3 is 9.84 Å². The molecule has 0 aromatic heterocycles. The number of halogens is 1. The molecule has 1 N–H and O–H groups in total. The monoisotopic (exact) mass is 402 g/mol. The number of fused-ring (bicyclic) bond motifs is 5. The number of allylic oxidation sites excluding steroid dienone is 5. The maximum absolute atomic E-state index is 16.8. The van der Waals surface area contributed by atoms with Crippen LogP contribution in [0.2, 0.25) is 0 Å². The first kappa shape index (κ1) is 20.2. The van der Waals surface area contributed by atoms with E-state index < -0.39 is 34.5 Å². The average Bonchev–Trinajstić information content (AvgIpc) is 2.98. The molecular formula is C23H27FO5. The van der Waals surface area contributed by atoms with Gasteiger partial charge in [-0.05, 0) is 50.7 Å². The molecule has 4 aliphatic rings. The zero-order valence-electron chi connectivity index (χ0n) is 17.0. The lowest BCUT2D eigenvalue weighted by Gasteiger charge is -2.61. The summed E-state index contributed by atoms with van der Waals surface area (Å²) in [5.74, 6) is -1.52. The molecule has 0 saturated heterocycles. The highest BCUT2D eigenvalue weighted by molar-refractivity contribution is 6.01. The van der Waals surface area contributed by atoms with Gasteiger partial charge in [0, 0.05) is 29.2 Å². The molecule has 1 unspecified atom stereocenters. The van der Waals surface area contributed by atoms with Crippen molar-refractivity contribution in [3.05, 3.63) is 35.5 Å². The smallest absolute Gasteiger partial charge is 0.303 e. The summed E-state index contributed by atoms with van der Waals surface area (Å²) >= 11 is 0. The van der Waals surface area contributed by atoms with Gasteiger partial charge in [-0.15, -0.1) is 0 Å². The number of ketones is 2. The molecule has 0 heterocycles. The number of rotatable bonds is 3. The molecule has 0 aromatic carbocycles. The molecule has 0 radical (unpaired) electrons.